The van der Waals surface area contributed by atoms with Gasteiger partial charge in [-0.2, -0.15) is 18.3 Å². The minimum atomic E-state index is -4.55. The highest BCUT2D eigenvalue weighted by molar-refractivity contribution is 5.92. The average Bonchev–Trinajstić information content (AvgIpc) is 3.01. The van der Waals surface area contributed by atoms with E-state index in [-0.39, 0.29) is 37.1 Å². The van der Waals surface area contributed by atoms with E-state index < -0.39 is 12.0 Å². The molecule has 0 aliphatic carbocycles. The van der Waals surface area contributed by atoms with Crippen LogP contribution in [0.1, 0.15) is 27.8 Å². The average molecular weight is 314 g/mol. The van der Waals surface area contributed by atoms with Crippen molar-refractivity contribution in [3.05, 3.63) is 29.1 Å². The van der Waals surface area contributed by atoms with E-state index in [1.54, 1.807) is 17.8 Å². The lowest BCUT2D eigenvalue weighted by Gasteiger charge is -2.27. The Balaban J connectivity index is 1.83. The van der Waals surface area contributed by atoms with Gasteiger partial charge < -0.3 is 9.47 Å². The summed E-state index contributed by atoms with van der Waals surface area (Å²) in [6.45, 7) is 1.96. The molecule has 0 unspecified atom stereocenters. The lowest BCUT2D eigenvalue weighted by Crippen LogP contribution is -2.39. The lowest BCUT2D eigenvalue weighted by molar-refractivity contribution is -0.147. The molecule has 0 fully saturated rings. The Morgan fingerprint density at radius 2 is 2.00 bits per heavy atom. The van der Waals surface area contributed by atoms with Crippen LogP contribution in [0.3, 0.4) is 0 Å². The van der Waals surface area contributed by atoms with Gasteiger partial charge in [0.1, 0.15) is 0 Å². The van der Waals surface area contributed by atoms with Crippen molar-refractivity contribution in [1.29, 1.82) is 0 Å². The third-order valence-electron chi connectivity index (χ3n) is 3.63. The van der Waals surface area contributed by atoms with Crippen molar-refractivity contribution in [3.63, 3.8) is 0 Å². The molecule has 1 aliphatic heterocycles. The molecule has 10 heteroatoms. The maximum absolute atomic E-state index is 12.8. The highest BCUT2D eigenvalue weighted by atomic mass is 19.4. The van der Waals surface area contributed by atoms with Gasteiger partial charge in [-0.05, 0) is 13.0 Å². The highest BCUT2D eigenvalue weighted by Gasteiger charge is 2.40. The Bertz CT molecular complexity index is 712. The Kier molecular flexibility index (Phi) is 3.18. The van der Waals surface area contributed by atoms with Crippen LogP contribution in [0, 0.1) is 6.92 Å². The van der Waals surface area contributed by atoms with E-state index >= 15 is 0 Å². The molecule has 1 amide bonds. The molecule has 2 aromatic rings. The zero-order chi connectivity index (χ0) is 16.1. The first-order valence-corrected chi connectivity index (χ1v) is 6.56. The van der Waals surface area contributed by atoms with Crippen molar-refractivity contribution in [2.24, 2.45) is 7.05 Å². The number of nitrogens with zero attached hydrogens (tertiary/aromatic N) is 6. The first kappa shape index (κ1) is 14.5. The number of carbonyl (C=O) groups is 1. The summed E-state index contributed by atoms with van der Waals surface area (Å²) >= 11 is 0. The standard InChI is InChI=1S/C12H13F3N6O/c1-7-5-8(18-19(7)2)10(22)20-3-4-21-9(6-20)16-17-11(21)12(13,14)15/h5H,3-4,6H2,1-2H3. The molecule has 0 saturated carbocycles. The van der Waals surface area contributed by atoms with Gasteiger partial charge in [-0.1, -0.05) is 0 Å². The number of carbonyl (C=O) groups excluding carboxylic acids is 1. The maximum atomic E-state index is 12.8. The summed E-state index contributed by atoms with van der Waals surface area (Å²) in [4.78, 5) is 13.8. The van der Waals surface area contributed by atoms with Gasteiger partial charge in [0.15, 0.2) is 11.5 Å². The number of aromatic nitrogens is 5. The number of hydrogen-bond acceptors (Lipinski definition) is 4. The van der Waals surface area contributed by atoms with Crippen molar-refractivity contribution in [2.75, 3.05) is 6.54 Å². The number of hydrogen-bond donors (Lipinski definition) is 0. The second kappa shape index (κ2) is 4.82. The number of alkyl halides is 3. The second-order valence-corrected chi connectivity index (χ2v) is 5.11. The molecule has 118 valence electrons. The Morgan fingerprint density at radius 1 is 1.27 bits per heavy atom. The quantitative estimate of drug-likeness (QED) is 0.787. The SMILES string of the molecule is Cc1cc(C(=O)N2CCn3c(nnc3C(F)(F)F)C2)nn1C. The molecule has 3 heterocycles. The molecular weight excluding hydrogens is 301 g/mol. The summed E-state index contributed by atoms with van der Waals surface area (Å²) in [5.41, 5.74) is 1.09. The predicted octanol–water partition coefficient (Wildman–Crippen LogP) is 0.995. The molecular formula is C12H13F3N6O. The summed E-state index contributed by atoms with van der Waals surface area (Å²) in [6, 6.07) is 1.64. The highest BCUT2D eigenvalue weighted by Crippen LogP contribution is 2.29. The first-order valence-electron chi connectivity index (χ1n) is 6.56. The van der Waals surface area contributed by atoms with Crippen LogP contribution in [-0.4, -0.2) is 41.9 Å². The molecule has 0 N–H and O–H groups in total. The lowest BCUT2D eigenvalue weighted by atomic mass is 10.3. The molecule has 0 spiro atoms. The Hall–Kier alpha value is -2.39. The van der Waals surface area contributed by atoms with Crippen LogP contribution in [0.25, 0.3) is 0 Å². The minimum Gasteiger partial charge on any atom is -0.328 e. The Labute approximate surface area is 123 Å². The van der Waals surface area contributed by atoms with Crippen LogP contribution in [0.15, 0.2) is 6.07 Å². The van der Waals surface area contributed by atoms with E-state index in [9.17, 15) is 18.0 Å². The van der Waals surface area contributed by atoms with E-state index in [0.29, 0.717) is 0 Å². The fourth-order valence-corrected chi connectivity index (χ4v) is 2.37. The third-order valence-corrected chi connectivity index (χ3v) is 3.63. The minimum absolute atomic E-state index is 0.00866. The van der Waals surface area contributed by atoms with Gasteiger partial charge in [0.2, 0.25) is 5.82 Å². The summed E-state index contributed by atoms with van der Waals surface area (Å²) < 4.78 is 40.9. The predicted molar refractivity (Wildman–Crippen MR) is 67.7 cm³/mol. The van der Waals surface area contributed by atoms with Crippen LogP contribution in [0.2, 0.25) is 0 Å². The summed E-state index contributed by atoms with van der Waals surface area (Å²) in [5, 5.41) is 10.8. The number of aryl methyl sites for hydroxylation is 2. The van der Waals surface area contributed by atoms with Gasteiger partial charge in [-0.25, -0.2) is 0 Å². The van der Waals surface area contributed by atoms with Crippen LogP contribution in [-0.2, 0) is 26.3 Å². The monoisotopic (exact) mass is 314 g/mol. The molecule has 22 heavy (non-hydrogen) atoms. The van der Waals surface area contributed by atoms with Gasteiger partial charge in [0.05, 0.1) is 6.54 Å². The maximum Gasteiger partial charge on any atom is 0.451 e. The van der Waals surface area contributed by atoms with E-state index in [1.165, 1.54) is 4.90 Å². The third kappa shape index (κ3) is 2.34. The van der Waals surface area contributed by atoms with E-state index in [0.717, 1.165) is 10.3 Å². The van der Waals surface area contributed by atoms with Gasteiger partial charge >= 0.3 is 6.18 Å². The van der Waals surface area contributed by atoms with Crippen LogP contribution >= 0.6 is 0 Å². The molecule has 0 radical (unpaired) electrons. The van der Waals surface area contributed by atoms with E-state index in [1.807, 2.05) is 6.92 Å². The van der Waals surface area contributed by atoms with E-state index in [4.69, 9.17) is 0 Å². The summed E-state index contributed by atoms with van der Waals surface area (Å²) in [5.74, 6) is -1.23. The number of amides is 1. The molecule has 0 saturated heterocycles. The van der Waals surface area contributed by atoms with E-state index in [2.05, 4.69) is 15.3 Å². The van der Waals surface area contributed by atoms with Gasteiger partial charge in [0.25, 0.3) is 5.91 Å². The molecule has 0 atom stereocenters. The number of rotatable bonds is 1. The largest absolute Gasteiger partial charge is 0.451 e. The van der Waals surface area contributed by atoms with Crippen molar-refractivity contribution in [2.45, 2.75) is 26.2 Å². The van der Waals surface area contributed by atoms with Gasteiger partial charge in [-0.15, -0.1) is 10.2 Å². The van der Waals surface area contributed by atoms with Crippen molar-refractivity contribution >= 4 is 5.91 Å². The molecule has 1 aliphatic rings. The fourth-order valence-electron chi connectivity index (χ4n) is 2.37. The van der Waals surface area contributed by atoms with Crippen molar-refractivity contribution in [3.8, 4) is 0 Å². The van der Waals surface area contributed by atoms with Crippen LogP contribution in [0.4, 0.5) is 13.2 Å². The van der Waals surface area contributed by atoms with Crippen molar-refractivity contribution in [1.82, 2.24) is 29.4 Å². The Morgan fingerprint density at radius 3 is 2.59 bits per heavy atom. The molecule has 7 nitrogen and oxygen atoms in total. The van der Waals surface area contributed by atoms with Crippen LogP contribution in [0.5, 0.6) is 0 Å². The van der Waals surface area contributed by atoms with Gasteiger partial charge in [0, 0.05) is 25.8 Å². The smallest absolute Gasteiger partial charge is 0.328 e. The summed E-state index contributed by atoms with van der Waals surface area (Å²) in [7, 11) is 1.72. The molecule has 2 aromatic heterocycles. The van der Waals surface area contributed by atoms with Crippen molar-refractivity contribution < 1.29 is 18.0 Å². The molecule has 0 bridgehead atoms. The number of halogens is 3. The normalized spacial score (nSPS) is 15.0. The van der Waals surface area contributed by atoms with Gasteiger partial charge in [-0.3, -0.25) is 9.48 Å². The topological polar surface area (TPSA) is 68.8 Å². The molecule has 3 rings (SSSR count). The molecule has 0 aromatic carbocycles. The first-order chi connectivity index (χ1) is 10.3. The number of fused-ring (bicyclic) bond motifs is 1. The fraction of sp³-hybridized carbons (Fsp3) is 0.500. The zero-order valence-corrected chi connectivity index (χ0v) is 11.9. The summed E-state index contributed by atoms with van der Waals surface area (Å²) in [6.07, 6.45) is -4.55. The van der Waals surface area contributed by atoms with Crippen LogP contribution < -0.4 is 0 Å². The second-order valence-electron chi connectivity index (χ2n) is 5.11. The zero-order valence-electron chi connectivity index (χ0n) is 11.9.